The highest BCUT2D eigenvalue weighted by Gasteiger charge is 2.23. The molecule has 0 N–H and O–H groups in total. The third-order valence-corrected chi connectivity index (χ3v) is 15.7. The molecule has 0 bridgehead atoms. The molecule has 0 saturated carbocycles. The van der Waals surface area contributed by atoms with E-state index in [1.165, 1.54) is 141 Å². The lowest BCUT2D eigenvalue weighted by atomic mass is 9.81. The van der Waals surface area contributed by atoms with E-state index in [0.717, 1.165) is 21.9 Å². The number of hydrogen-bond donors (Lipinski definition) is 0. The number of hydrogen-bond acceptors (Lipinski definition) is 1. The van der Waals surface area contributed by atoms with Crippen molar-refractivity contribution in [1.29, 1.82) is 0 Å². The van der Waals surface area contributed by atoms with E-state index in [1.807, 2.05) is 0 Å². The van der Waals surface area contributed by atoms with Gasteiger partial charge in [-0.25, -0.2) is 0 Å². The standard InChI is InChI=1S/C70H40O/c1-2-17-43-37-60-59(36-42(43)16-1)49-19-5-6-20-50(49)62-40-66-64(39-61(60)62)63-38-46(32-34-65(63)71-66)68-53-23-9-13-27-57(53)70(58-28-14-10-24-54(58)68)69-55-25-11-7-21-51(55)67(52-22-8-12-26-56(52)69)45-31-33-48-44(35-45)30-29-41-15-3-4-18-47(41)48/h1-40H. The van der Waals surface area contributed by atoms with Crippen LogP contribution < -0.4 is 0 Å². The third-order valence-electron chi connectivity index (χ3n) is 15.7. The Morgan fingerprint density at radius 2 is 0.535 bits per heavy atom. The summed E-state index contributed by atoms with van der Waals surface area (Å²) in [6, 6.07) is 90.3. The minimum atomic E-state index is 0.890. The van der Waals surface area contributed by atoms with Crippen LogP contribution in [-0.4, -0.2) is 0 Å². The molecule has 0 aliphatic heterocycles. The minimum Gasteiger partial charge on any atom is -0.456 e. The summed E-state index contributed by atoms with van der Waals surface area (Å²) in [6.45, 7) is 0. The lowest BCUT2D eigenvalue weighted by Gasteiger charge is -2.22. The molecule has 0 fully saturated rings. The topological polar surface area (TPSA) is 13.1 Å². The van der Waals surface area contributed by atoms with Gasteiger partial charge < -0.3 is 4.42 Å². The van der Waals surface area contributed by atoms with Crippen molar-refractivity contribution < 1.29 is 4.42 Å². The molecule has 1 aromatic heterocycles. The molecule has 1 nitrogen and oxygen atoms in total. The Bertz CT molecular complexity index is 4880. The fraction of sp³-hybridized carbons (Fsp3) is 0. The van der Waals surface area contributed by atoms with Gasteiger partial charge in [0.1, 0.15) is 11.2 Å². The van der Waals surface area contributed by atoms with Crippen molar-refractivity contribution in [3.05, 3.63) is 243 Å². The first-order chi connectivity index (χ1) is 35.2. The summed E-state index contributed by atoms with van der Waals surface area (Å²) < 4.78 is 6.80. The largest absolute Gasteiger partial charge is 0.456 e. The summed E-state index contributed by atoms with van der Waals surface area (Å²) in [5.41, 5.74) is 9.21. The molecule has 0 unspecified atom stereocenters. The highest BCUT2D eigenvalue weighted by Crippen LogP contribution is 2.51. The summed E-state index contributed by atoms with van der Waals surface area (Å²) in [5.74, 6) is 0. The van der Waals surface area contributed by atoms with Crippen LogP contribution in [0.4, 0.5) is 0 Å². The Balaban J connectivity index is 0.946. The molecule has 0 spiro atoms. The summed E-state index contributed by atoms with van der Waals surface area (Å²) in [5, 5.41) is 27.2. The Hall–Kier alpha value is -9.30. The third kappa shape index (κ3) is 5.52. The summed E-state index contributed by atoms with van der Waals surface area (Å²) in [6.07, 6.45) is 0. The van der Waals surface area contributed by atoms with Gasteiger partial charge >= 0.3 is 0 Å². The van der Waals surface area contributed by atoms with Gasteiger partial charge in [-0.2, -0.15) is 0 Å². The van der Waals surface area contributed by atoms with Crippen LogP contribution in [0.25, 0.3) is 163 Å². The van der Waals surface area contributed by atoms with Gasteiger partial charge in [-0.3, -0.25) is 0 Å². The average Bonchev–Trinajstić information content (AvgIpc) is 3.80. The van der Waals surface area contributed by atoms with Crippen LogP contribution in [0.1, 0.15) is 0 Å². The molecule has 15 aromatic carbocycles. The molecule has 16 aromatic rings. The van der Waals surface area contributed by atoms with Crippen LogP contribution >= 0.6 is 0 Å². The van der Waals surface area contributed by atoms with Gasteiger partial charge in [0.15, 0.2) is 0 Å². The Morgan fingerprint density at radius 1 is 0.169 bits per heavy atom. The van der Waals surface area contributed by atoms with Crippen molar-refractivity contribution in [2.75, 3.05) is 0 Å². The van der Waals surface area contributed by atoms with E-state index in [4.69, 9.17) is 4.42 Å². The quantitative estimate of drug-likeness (QED) is 0.127. The molecule has 0 aliphatic rings. The lowest BCUT2D eigenvalue weighted by molar-refractivity contribution is 0.669. The number of fused-ring (bicyclic) bond motifs is 17. The zero-order chi connectivity index (χ0) is 46.3. The predicted molar refractivity (Wildman–Crippen MR) is 305 cm³/mol. The predicted octanol–water partition coefficient (Wildman–Crippen LogP) is 20.1. The summed E-state index contributed by atoms with van der Waals surface area (Å²) >= 11 is 0. The van der Waals surface area contributed by atoms with Gasteiger partial charge in [0.2, 0.25) is 0 Å². The molecule has 1 heterocycles. The molecule has 326 valence electrons. The van der Waals surface area contributed by atoms with Crippen LogP contribution in [0.3, 0.4) is 0 Å². The SMILES string of the molecule is c1ccc2cc3c(cc2c1)c1ccccc1c1cc2oc4ccc(-c5c6ccccc6c(-c6c7ccccc7c(-c7ccc8c(ccc9ccccc98)c7)c7ccccc67)c6ccccc56)cc4c2cc31. The molecular formula is C70H40O. The van der Waals surface area contributed by atoms with Gasteiger partial charge in [0.05, 0.1) is 0 Å². The molecular weight excluding hydrogens is 857 g/mol. The van der Waals surface area contributed by atoms with Crippen molar-refractivity contribution in [2.45, 2.75) is 0 Å². The molecule has 0 amide bonds. The fourth-order valence-electron chi connectivity index (χ4n) is 12.6. The number of rotatable bonds is 3. The molecule has 0 radical (unpaired) electrons. The van der Waals surface area contributed by atoms with E-state index in [2.05, 4.69) is 243 Å². The first kappa shape index (κ1) is 38.6. The highest BCUT2D eigenvalue weighted by molar-refractivity contribution is 6.32. The van der Waals surface area contributed by atoms with Crippen LogP contribution in [-0.2, 0) is 0 Å². The maximum absolute atomic E-state index is 6.80. The smallest absolute Gasteiger partial charge is 0.136 e. The first-order valence-electron chi connectivity index (χ1n) is 24.6. The van der Waals surface area contributed by atoms with Crippen molar-refractivity contribution in [3.8, 4) is 33.4 Å². The normalized spacial score (nSPS) is 12.2. The van der Waals surface area contributed by atoms with E-state index < -0.39 is 0 Å². The number of furan rings is 1. The maximum atomic E-state index is 6.80. The number of benzene rings is 15. The van der Waals surface area contributed by atoms with Crippen LogP contribution in [0.2, 0.25) is 0 Å². The van der Waals surface area contributed by atoms with Crippen LogP contribution in [0.5, 0.6) is 0 Å². The van der Waals surface area contributed by atoms with Gasteiger partial charge in [-0.05, 0) is 184 Å². The maximum Gasteiger partial charge on any atom is 0.136 e. The second kappa shape index (κ2) is 14.6. The fourth-order valence-corrected chi connectivity index (χ4v) is 12.6. The monoisotopic (exact) mass is 896 g/mol. The van der Waals surface area contributed by atoms with Gasteiger partial charge in [-0.15, -0.1) is 0 Å². The average molecular weight is 897 g/mol. The van der Waals surface area contributed by atoms with Gasteiger partial charge in [0, 0.05) is 10.8 Å². The van der Waals surface area contributed by atoms with E-state index in [-0.39, 0.29) is 0 Å². The zero-order valence-electron chi connectivity index (χ0n) is 38.5. The van der Waals surface area contributed by atoms with Crippen molar-refractivity contribution in [3.63, 3.8) is 0 Å². The minimum absolute atomic E-state index is 0.890. The summed E-state index contributed by atoms with van der Waals surface area (Å²) in [4.78, 5) is 0. The first-order valence-corrected chi connectivity index (χ1v) is 24.6. The summed E-state index contributed by atoms with van der Waals surface area (Å²) in [7, 11) is 0. The molecule has 0 aliphatic carbocycles. The second-order valence-electron chi connectivity index (χ2n) is 19.4. The highest BCUT2D eigenvalue weighted by atomic mass is 16.3. The van der Waals surface area contributed by atoms with Crippen molar-refractivity contribution in [1.82, 2.24) is 0 Å². The molecule has 0 atom stereocenters. The van der Waals surface area contributed by atoms with E-state index in [1.54, 1.807) is 0 Å². The Morgan fingerprint density at radius 3 is 1.08 bits per heavy atom. The Labute approximate surface area is 408 Å². The Kier molecular flexibility index (Phi) is 7.95. The van der Waals surface area contributed by atoms with E-state index >= 15 is 0 Å². The molecule has 0 saturated heterocycles. The zero-order valence-corrected chi connectivity index (χ0v) is 38.5. The molecule has 1 heteroatoms. The lowest BCUT2D eigenvalue weighted by Crippen LogP contribution is -1.94. The molecule has 16 rings (SSSR count). The van der Waals surface area contributed by atoms with Crippen LogP contribution in [0.15, 0.2) is 247 Å². The molecule has 71 heavy (non-hydrogen) atoms. The van der Waals surface area contributed by atoms with Crippen LogP contribution in [0, 0.1) is 0 Å². The van der Waals surface area contributed by atoms with Crippen molar-refractivity contribution >= 4 is 130 Å². The van der Waals surface area contributed by atoms with E-state index in [9.17, 15) is 0 Å². The van der Waals surface area contributed by atoms with Gasteiger partial charge in [0.25, 0.3) is 0 Å². The van der Waals surface area contributed by atoms with Gasteiger partial charge in [-0.1, -0.05) is 200 Å². The van der Waals surface area contributed by atoms with E-state index in [0.29, 0.717) is 0 Å². The van der Waals surface area contributed by atoms with Crippen molar-refractivity contribution in [2.24, 2.45) is 0 Å². The second-order valence-corrected chi connectivity index (χ2v) is 19.4.